The van der Waals surface area contributed by atoms with Crippen molar-refractivity contribution in [2.45, 2.75) is 0 Å². The van der Waals surface area contributed by atoms with Gasteiger partial charge in [0.1, 0.15) is 16.6 Å². The van der Waals surface area contributed by atoms with Crippen LogP contribution < -0.4 is 0 Å². The standard InChI is InChI=1S/C21H12ClN5O2S/c22-14-3-1-2-13(10-14)17-5-4-15(29-17)11-16-18(23)27-21(25-19(16)28)30-20(26-27)12-6-8-24-9-7-12/h1-11,23H/b16-11-,23-18?. The van der Waals surface area contributed by atoms with Crippen molar-refractivity contribution in [2.75, 3.05) is 0 Å². The van der Waals surface area contributed by atoms with E-state index in [-0.39, 0.29) is 11.4 Å². The van der Waals surface area contributed by atoms with Gasteiger partial charge in [0, 0.05) is 28.5 Å². The van der Waals surface area contributed by atoms with Gasteiger partial charge in [0.05, 0.1) is 5.57 Å². The third-order valence-electron chi connectivity index (χ3n) is 4.40. The van der Waals surface area contributed by atoms with Crippen LogP contribution in [0.1, 0.15) is 11.3 Å². The zero-order valence-electron chi connectivity index (χ0n) is 15.2. The lowest BCUT2D eigenvalue weighted by Gasteiger charge is -2.19. The summed E-state index contributed by atoms with van der Waals surface area (Å²) in [5.74, 6) is 0.479. The van der Waals surface area contributed by atoms with Gasteiger partial charge in [-0.05, 0) is 54.2 Å². The monoisotopic (exact) mass is 433 g/mol. The number of carbonyl (C=O) groups is 1. The number of hydrogen-bond donors (Lipinski definition) is 1. The molecule has 5 rings (SSSR count). The van der Waals surface area contributed by atoms with Crippen LogP contribution in [0, 0.1) is 5.41 Å². The highest BCUT2D eigenvalue weighted by Crippen LogP contribution is 2.31. The van der Waals surface area contributed by atoms with Crippen molar-refractivity contribution in [3.8, 4) is 11.3 Å². The highest BCUT2D eigenvalue weighted by molar-refractivity contribution is 8.27. The molecule has 0 fully saturated rings. The Morgan fingerprint density at radius 3 is 2.73 bits per heavy atom. The second kappa shape index (κ2) is 7.40. The maximum atomic E-state index is 12.6. The van der Waals surface area contributed by atoms with Crippen LogP contribution in [0.15, 0.2) is 81.0 Å². The van der Waals surface area contributed by atoms with E-state index in [9.17, 15) is 4.79 Å². The SMILES string of the molecule is N=C1/C(=C/c2ccc(-c3cccc(Cl)c3)o2)C(=O)N=C2SC(c3ccncc3)=NN12. The molecule has 7 nitrogen and oxygen atoms in total. The zero-order chi connectivity index (χ0) is 20.7. The first-order chi connectivity index (χ1) is 14.6. The molecule has 0 unspecified atom stereocenters. The minimum Gasteiger partial charge on any atom is -0.457 e. The van der Waals surface area contributed by atoms with Gasteiger partial charge in [-0.25, -0.2) is 0 Å². The quantitative estimate of drug-likeness (QED) is 0.606. The van der Waals surface area contributed by atoms with Gasteiger partial charge in [-0.2, -0.15) is 15.1 Å². The molecule has 0 saturated heterocycles. The number of carbonyl (C=O) groups excluding carboxylic acids is 1. The Labute approximate surface area is 180 Å². The van der Waals surface area contributed by atoms with E-state index in [1.165, 1.54) is 22.8 Å². The third-order valence-corrected chi connectivity index (χ3v) is 5.60. The molecular formula is C21H12ClN5O2S. The molecule has 2 aliphatic heterocycles. The molecule has 0 bridgehead atoms. The first kappa shape index (κ1) is 18.5. The van der Waals surface area contributed by atoms with Gasteiger partial charge in [-0.15, -0.1) is 0 Å². The fourth-order valence-corrected chi connectivity index (χ4v) is 4.06. The van der Waals surface area contributed by atoms with Crippen molar-refractivity contribution in [3.63, 3.8) is 0 Å². The molecule has 0 saturated carbocycles. The minimum absolute atomic E-state index is 0.0535. The van der Waals surface area contributed by atoms with Crippen molar-refractivity contribution in [1.29, 1.82) is 5.41 Å². The van der Waals surface area contributed by atoms with Crippen LogP contribution >= 0.6 is 23.4 Å². The van der Waals surface area contributed by atoms with E-state index in [4.69, 9.17) is 21.4 Å². The second-order valence-electron chi connectivity index (χ2n) is 6.37. The summed E-state index contributed by atoms with van der Waals surface area (Å²) < 4.78 is 5.83. The van der Waals surface area contributed by atoms with E-state index in [1.807, 2.05) is 24.3 Å². The summed E-state index contributed by atoms with van der Waals surface area (Å²) in [4.78, 5) is 20.6. The molecule has 30 heavy (non-hydrogen) atoms. The summed E-state index contributed by atoms with van der Waals surface area (Å²) in [6.45, 7) is 0. The summed E-state index contributed by atoms with van der Waals surface area (Å²) >= 11 is 7.28. The molecule has 0 atom stereocenters. The van der Waals surface area contributed by atoms with Crippen LogP contribution in [0.5, 0.6) is 0 Å². The number of halogens is 1. The summed E-state index contributed by atoms with van der Waals surface area (Å²) in [7, 11) is 0. The Kier molecular flexibility index (Phi) is 4.57. The molecule has 2 aliphatic rings. The Morgan fingerprint density at radius 2 is 1.93 bits per heavy atom. The minimum atomic E-state index is -0.509. The Hall–Kier alpha value is -3.49. The van der Waals surface area contributed by atoms with E-state index in [0.29, 0.717) is 26.8 Å². The average Bonchev–Trinajstić information content (AvgIpc) is 3.39. The lowest BCUT2D eigenvalue weighted by molar-refractivity contribution is -0.114. The van der Waals surface area contributed by atoms with Crippen LogP contribution in [-0.4, -0.2) is 31.9 Å². The molecule has 1 aromatic carbocycles. The van der Waals surface area contributed by atoms with Gasteiger partial charge >= 0.3 is 0 Å². The summed E-state index contributed by atoms with van der Waals surface area (Å²) in [6, 6.07) is 14.4. The van der Waals surface area contributed by atoms with Crippen molar-refractivity contribution in [3.05, 3.63) is 82.8 Å². The number of nitrogens with one attached hydrogen (secondary N) is 1. The lowest BCUT2D eigenvalue weighted by atomic mass is 10.1. The number of nitrogens with zero attached hydrogens (tertiary/aromatic N) is 4. The van der Waals surface area contributed by atoms with Crippen LogP contribution in [0.3, 0.4) is 0 Å². The van der Waals surface area contributed by atoms with Gasteiger partial charge in [-0.1, -0.05) is 23.7 Å². The molecule has 4 heterocycles. The number of furan rings is 1. The summed E-state index contributed by atoms with van der Waals surface area (Å²) in [5.41, 5.74) is 1.76. The Bertz CT molecular complexity index is 1280. The highest BCUT2D eigenvalue weighted by atomic mass is 35.5. The lowest BCUT2D eigenvalue weighted by Crippen LogP contribution is -2.35. The van der Waals surface area contributed by atoms with Crippen LogP contribution in [-0.2, 0) is 4.79 Å². The van der Waals surface area contributed by atoms with Gasteiger partial charge in [0.2, 0.25) is 5.17 Å². The van der Waals surface area contributed by atoms with Crippen LogP contribution in [0.2, 0.25) is 5.02 Å². The molecule has 2 aromatic heterocycles. The maximum Gasteiger partial charge on any atom is 0.283 e. The number of amidine groups is 2. The second-order valence-corrected chi connectivity index (χ2v) is 7.77. The van der Waals surface area contributed by atoms with Gasteiger partial charge in [0.25, 0.3) is 5.91 Å². The van der Waals surface area contributed by atoms with Gasteiger partial charge in [-0.3, -0.25) is 15.2 Å². The van der Waals surface area contributed by atoms with Crippen molar-refractivity contribution < 1.29 is 9.21 Å². The topological polar surface area (TPSA) is 94.9 Å². The smallest absolute Gasteiger partial charge is 0.283 e. The molecular weight excluding hydrogens is 422 g/mol. The number of fused-ring (bicyclic) bond motifs is 1. The fourth-order valence-electron chi connectivity index (χ4n) is 2.97. The molecule has 3 aromatic rings. The largest absolute Gasteiger partial charge is 0.457 e. The van der Waals surface area contributed by atoms with E-state index >= 15 is 0 Å². The Balaban J connectivity index is 1.45. The van der Waals surface area contributed by atoms with Gasteiger partial charge < -0.3 is 4.42 Å². The maximum absolute atomic E-state index is 12.6. The molecule has 0 spiro atoms. The van der Waals surface area contributed by atoms with E-state index in [0.717, 1.165) is 11.1 Å². The third kappa shape index (κ3) is 3.36. The molecule has 0 radical (unpaired) electrons. The van der Waals surface area contributed by atoms with Crippen molar-refractivity contribution in [1.82, 2.24) is 9.99 Å². The number of benzene rings is 1. The number of amides is 1. The zero-order valence-corrected chi connectivity index (χ0v) is 16.8. The number of aliphatic imine (C=N–C) groups is 1. The number of hydrogen-bond acceptors (Lipinski definition) is 6. The first-order valence-electron chi connectivity index (χ1n) is 8.85. The first-order valence-corrected chi connectivity index (χ1v) is 10.0. The predicted octanol–water partition coefficient (Wildman–Crippen LogP) is 4.66. The Morgan fingerprint density at radius 1 is 1.10 bits per heavy atom. The van der Waals surface area contributed by atoms with E-state index < -0.39 is 5.91 Å². The van der Waals surface area contributed by atoms with Gasteiger partial charge in [0.15, 0.2) is 5.84 Å². The number of pyridine rings is 1. The number of hydrazone groups is 1. The van der Waals surface area contributed by atoms with Crippen molar-refractivity contribution >= 4 is 51.4 Å². The predicted molar refractivity (Wildman–Crippen MR) is 118 cm³/mol. The van der Waals surface area contributed by atoms with Crippen molar-refractivity contribution in [2.24, 2.45) is 10.1 Å². The molecule has 1 N–H and O–H groups in total. The average molecular weight is 434 g/mol. The van der Waals surface area contributed by atoms with E-state index in [1.54, 1.807) is 36.7 Å². The van der Waals surface area contributed by atoms with Crippen LogP contribution in [0.4, 0.5) is 0 Å². The number of aromatic nitrogens is 1. The molecule has 9 heteroatoms. The molecule has 146 valence electrons. The number of thioether (sulfide) groups is 1. The normalized spacial score (nSPS) is 17.2. The fraction of sp³-hybridized carbons (Fsp3) is 0. The molecule has 0 aliphatic carbocycles. The summed E-state index contributed by atoms with van der Waals surface area (Å²) in [6.07, 6.45) is 4.82. The summed E-state index contributed by atoms with van der Waals surface area (Å²) in [5, 5.41) is 15.9. The highest BCUT2D eigenvalue weighted by Gasteiger charge is 2.36. The van der Waals surface area contributed by atoms with Crippen LogP contribution in [0.25, 0.3) is 17.4 Å². The van der Waals surface area contributed by atoms with E-state index in [2.05, 4.69) is 15.1 Å². The number of rotatable bonds is 3. The molecule has 1 amide bonds.